The smallest absolute Gasteiger partial charge is 0.0836 e. The summed E-state index contributed by atoms with van der Waals surface area (Å²) >= 11 is 0. The van der Waals surface area contributed by atoms with Gasteiger partial charge in [0.05, 0.1) is 54.9 Å². The summed E-state index contributed by atoms with van der Waals surface area (Å²) in [7, 11) is 11.4. The second-order valence-electron chi connectivity index (χ2n) is 5.34. The maximum Gasteiger partial charge on any atom is 0.0836 e. The summed E-state index contributed by atoms with van der Waals surface area (Å²) in [5.41, 5.74) is 0. The normalized spacial score (nSPS) is 10.8. The van der Waals surface area contributed by atoms with Crippen LogP contribution in [0.5, 0.6) is 0 Å². The molecular formula is C10H26Cl2N2W. The van der Waals surface area contributed by atoms with Crippen LogP contribution in [0.1, 0.15) is 13.3 Å². The Kier molecular flexibility index (Phi) is 17.3. The average molecular weight is 429 g/mol. The molecule has 0 spiro atoms. The van der Waals surface area contributed by atoms with E-state index in [-0.39, 0.29) is 45.9 Å². The van der Waals surface area contributed by atoms with Crippen molar-refractivity contribution in [3.63, 3.8) is 0 Å². The zero-order chi connectivity index (χ0) is 9.83. The molecule has 0 aromatic carbocycles. The summed E-state index contributed by atoms with van der Waals surface area (Å²) in [6.07, 6.45) is 1.32. The molecule has 0 N–H and O–H groups in total. The standard InChI is InChI=1S/C10H26N2.2ClH.W/c1-7-12(5,6)10-8-9-11(2,3)4;;;/h7-10H2,1-6H3;2*1H;/q+2;;;/p-2. The van der Waals surface area contributed by atoms with Gasteiger partial charge in [0.25, 0.3) is 0 Å². The van der Waals surface area contributed by atoms with E-state index < -0.39 is 0 Å². The van der Waals surface area contributed by atoms with E-state index in [9.17, 15) is 0 Å². The molecule has 0 aromatic rings. The van der Waals surface area contributed by atoms with Gasteiger partial charge in [0.15, 0.2) is 0 Å². The number of nitrogens with zero attached hydrogens (tertiary/aromatic N) is 2. The fourth-order valence-electron chi connectivity index (χ4n) is 1.13. The second-order valence-corrected chi connectivity index (χ2v) is 5.34. The second kappa shape index (κ2) is 10.3. The van der Waals surface area contributed by atoms with Gasteiger partial charge in [-0.2, -0.15) is 0 Å². The fourth-order valence-corrected chi connectivity index (χ4v) is 1.13. The molecule has 15 heavy (non-hydrogen) atoms. The molecule has 0 rings (SSSR count). The Labute approximate surface area is 123 Å². The SMILES string of the molecule is CC[N+](C)(C)CCC[N+](C)(C)C.[Cl-].[Cl-].[W]. The van der Waals surface area contributed by atoms with Crippen molar-refractivity contribution in [3.8, 4) is 0 Å². The molecule has 0 radical (unpaired) electrons. The van der Waals surface area contributed by atoms with Crippen LogP contribution in [0.2, 0.25) is 0 Å². The first-order chi connectivity index (χ1) is 5.27. The first-order valence-electron chi connectivity index (χ1n) is 4.89. The average Bonchev–Trinajstić information content (AvgIpc) is 1.84. The minimum Gasteiger partial charge on any atom is -1.00 e. The zero-order valence-electron chi connectivity index (χ0n) is 10.9. The zero-order valence-corrected chi connectivity index (χ0v) is 15.3. The molecule has 0 atom stereocenters. The molecule has 0 aromatic heterocycles. The van der Waals surface area contributed by atoms with Gasteiger partial charge in [-0.15, -0.1) is 0 Å². The van der Waals surface area contributed by atoms with Gasteiger partial charge in [0.2, 0.25) is 0 Å². The largest absolute Gasteiger partial charge is 1.00 e. The van der Waals surface area contributed by atoms with Crippen LogP contribution >= 0.6 is 0 Å². The molecule has 0 saturated heterocycles. The van der Waals surface area contributed by atoms with E-state index in [1.807, 2.05) is 0 Å². The predicted molar refractivity (Wildman–Crippen MR) is 55.0 cm³/mol. The third-order valence-electron chi connectivity index (χ3n) is 2.45. The summed E-state index contributed by atoms with van der Waals surface area (Å²) in [6, 6.07) is 0. The molecule has 0 aliphatic rings. The molecule has 0 heterocycles. The Morgan fingerprint density at radius 1 is 0.800 bits per heavy atom. The van der Waals surface area contributed by atoms with Crippen LogP contribution in [0.15, 0.2) is 0 Å². The molecule has 0 saturated carbocycles. The van der Waals surface area contributed by atoms with E-state index in [1.165, 1.54) is 26.1 Å². The van der Waals surface area contributed by atoms with Gasteiger partial charge in [0, 0.05) is 27.5 Å². The molecule has 0 aliphatic carbocycles. The van der Waals surface area contributed by atoms with E-state index in [2.05, 4.69) is 42.2 Å². The molecule has 0 amide bonds. The first kappa shape index (κ1) is 25.1. The molecular weight excluding hydrogens is 403 g/mol. The summed E-state index contributed by atoms with van der Waals surface area (Å²) < 4.78 is 2.24. The van der Waals surface area contributed by atoms with Crippen LogP contribution < -0.4 is 24.8 Å². The monoisotopic (exact) mass is 428 g/mol. The van der Waals surface area contributed by atoms with Crippen molar-refractivity contribution in [1.29, 1.82) is 0 Å². The van der Waals surface area contributed by atoms with Gasteiger partial charge in [-0.3, -0.25) is 0 Å². The van der Waals surface area contributed by atoms with Gasteiger partial charge in [-0.25, -0.2) is 0 Å². The van der Waals surface area contributed by atoms with Gasteiger partial charge in [-0.1, -0.05) is 0 Å². The quantitative estimate of drug-likeness (QED) is 0.385. The van der Waals surface area contributed by atoms with E-state index in [4.69, 9.17) is 0 Å². The molecule has 5 heteroatoms. The number of rotatable bonds is 5. The Bertz CT molecular complexity index is 136. The van der Waals surface area contributed by atoms with Crippen LogP contribution in [0.4, 0.5) is 0 Å². The maximum atomic E-state index is 2.30. The Morgan fingerprint density at radius 2 is 1.20 bits per heavy atom. The number of hydrogen-bond acceptors (Lipinski definition) is 0. The van der Waals surface area contributed by atoms with Crippen LogP contribution in [-0.2, 0) is 21.1 Å². The molecule has 0 unspecified atom stereocenters. The van der Waals surface area contributed by atoms with Gasteiger partial charge in [0.1, 0.15) is 0 Å². The van der Waals surface area contributed by atoms with Crippen molar-refractivity contribution in [2.45, 2.75) is 13.3 Å². The predicted octanol–water partition coefficient (Wildman–Crippen LogP) is -4.82. The van der Waals surface area contributed by atoms with Gasteiger partial charge in [-0.05, 0) is 6.92 Å². The summed E-state index contributed by atoms with van der Waals surface area (Å²) in [4.78, 5) is 0. The van der Waals surface area contributed by atoms with Crippen molar-refractivity contribution in [3.05, 3.63) is 0 Å². The molecule has 0 fully saturated rings. The van der Waals surface area contributed by atoms with Crippen LogP contribution in [0, 0.1) is 0 Å². The molecule has 96 valence electrons. The minimum absolute atomic E-state index is 0. The van der Waals surface area contributed by atoms with Crippen molar-refractivity contribution in [2.24, 2.45) is 0 Å². The Balaban J connectivity index is -0.000000202. The molecule has 0 bridgehead atoms. The van der Waals surface area contributed by atoms with Gasteiger partial charge >= 0.3 is 0 Å². The number of quaternary nitrogens is 2. The number of halogens is 2. The maximum absolute atomic E-state index is 2.30. The fraction of sp³-hybridized carbons (Fsp3) is 1.00. The van der Waals surface area contributed by atoms with Crippen molar-refractivity contribution < 1.29 is 54.8 Å². The van der Waals surface area contributed by atoms with Crippen LogP contribution in [0.3, 0.4) is 0 Å². The minimum atomic E-state index is 0. The summed E-state index contributed by atoms with van der Waals surface area (Å²) in [6.45, 7) is 6.07. The van der Waals surface area contributed by atoms with E-state index in [1.54, 1.807) is 0 Å². The third-order valence-corrected chi connectivity index (χ3v) is 2.45. The third kappa shape index (κ3) is 17.8. The molecule has 2 nitrogen and oxygen atoms in total. The van der Waals surface area contributed by atoms with Crippen molar-refractivity contribution in [2.75, 3.05) is 54.9 Å². The summed E-state index contributed by atoms with van der Waals surface area (Å²) in [5.74, 6) is 0. The first-order valence-corrected chi connectivity index (χ1v) is 4.89. The van der Waals surface area contributed by atoms with E-state index in [0.29, 0.717) is 0 Å². The van der Waals surface area contributed by atoms with Crippen LogP contribution in [0.25, 0.3) is 0 Å². The topological polar surface area (TPSA) is 0 Å². The Hall–Kier alpha value is 1.19. The number of hydrogen-bond donors (Lipinski definition) is 0. The van der Waals surface area contributed by atoms with E-state index >= 15 is 0 Å². The Morgan fingerprint density at radius 3 is 1.47 bits per heavy atom. The van der Waals surface area contributed by atoms with Crippen LogP contribution in [-0.4, -0.2) is 63.8 Å². The van der Waals surface area contributed by atoms with Crippen molar-refractivity contribution >= 4 is 0 Å². The summed E-state index contributed by atoms with van der Waals surface area (Å²) in [5, 5.41) is 0. The van der Waals surface area contributed by atoms with E-state index in [0.717, 1.165) is 8.97 Å². The van der Waals surface area contributed by atoms with Gasteiger partial charge < -0.3 is 33.8 Å². The van der Waals surface area contributed by atoms with Crippen molar-refractivity contribution in [1.82, 2.24) is 0 Å². The molecule has 0 aliphatic heterocycles.